The number of benzene rings is 2. The smallest absolute Gasteiger partial charge is 0.352 e. The van der Waals surface area contributed by atoms with E-state index in [2.05, 4.69) is 21.2 Å². The van der Waals surface area contributed by atoms with Gasteiger partial charge in [0.25, 0.3) is 11.8 Å². The van der Waals surface area contributed by atoms with Crippen LogP contribution in [0.15, 0.2) is 46.9 Å². The number of halogens is 4. The fourth-order valence-electron chi connectivity index (χ4n) is 3.01. The molecular formula is C20H16BrF3N2O3. The SMILES string of the molecule is O=C(CCCN1C(=O)c2ccc(Br)cc2C1=O)NCc1cccc(C(F)(F)F)c1. The van der Waals surface area contributed by atoms with Gasteiger partial charge in [0.1, 0.15) is 0 Å². The minimum Gasteiger partial charge on any atom is -0.352 e. The van der Waals surface area contributed by atoms with Gasteiger partial charge in [-0.15, -0.1) is 0 Å². The fraction of sp³-hybridized carbons (Fsp3) is 0.250. The van der Waals surface area contributed by atoms with Crippen molar-refractivity contribution in [1.29, 1.82) is 0 Å². The van der Waals surface area contributed by atoms with Gasteiger partial charge in [-0.05, 0) is 42.3 Å². The van der Waals surface area contributed by atoms with E-state index in [1.165, 1.54) is 12.1 Å². The van der Waals surface area contributed by atoms with Gasteiger partial charge in [-0.1, -0.05) is 28.1 Å². The van der Waals surface area contributed by atoms with E-state index in [4.69, 9.17) is 0 Å². The van der Waals surface area contributed by atoms with Crippen LogP contribution in [0.5, 0.6) is 0 Å². The van der Waals surface area contributed by atoms with Gasteiger partial charge in [-0.3, -0.25) is 19.3 Å². The zero-order valence-corrected chi connectivity index (χ0v) is 16.6. The summed E-state index contributed by atoms with van der Waals surface area (Å²) in [5, 5.41) is 2.55. The molecule has 0 fully saturated rings. The van der Waals surface area contributed by atoms with E-state index in [0.29, 0.717) is 21.2 Å². The Kier molecular flexibility index (Phi) is 6.07. The Morgan fingerprint density at radius 1 is 1.03 bits per heavy atom. The van der Waals surface area contributed by atoms with Crippen LogP contribution < -0.4 is 5.32 Å². The number of hydrogen-bond donors (Lipinski definition) is 1. The van der Waals surface area contributed by atoms with Crippen LogP contribution in [-0.2, 0) is 17.5 Å². The summed E-state index contributed by atoms with van der Waals surface area (Å²) in [5.74, 6) is -1.18. The van der Waals surface area contributed by atoms with Crippen molar-refractivity contribution in [1.82, 2.24) is 10.2 Å². The summed E-state index contributed by atoms with van der Waals surface area (Å²) in [5.41, 5.74) is 0.200. The maximum absolute atomic E-state index is 12.7. The molecule has 3 rings (SSSR count). The van der Waals surface area contributed by atoms with Gasteiger partial charge in [0.2, 0.25) is 5.91 Å². The topological polar surface area (TPSA) is 66.5 Å². The summed E-state index contributed by atoms with van der Waals surface area (Å²) in [4.78, 5) is 37.7. The zero-order valence-electron chi connectivity index (χ0n) is 15.1. The van der Waals surface area contributed by atoms with Crippen molar-refractivity contribution >= 4 is 33.7 Å². The van der Waals surface area contributed by atoms with Crippen LogP contribution >= 0.6 is 15.9 Å². The van der Waals surface area contributed by atoms with E-state index in [9.17, 15) is 27.6 Å². The Labute approximate surface area is 173 Å². The highest BCUT2D eigenvalue weighted by molar-refractivity contribution is 9.10. The third-order valence-corrected chi connectivity index (χ3v) is 4.96. The van der Waals surface area contributed by atoms with Crippen LogP contribution in [0.25, 0.3) is 0 Å². The lowest BCUT2D eigenvalue weighted by Crippen LogP contribution is -2.32. The first-order chi connectivity index (χ1) is 13.7. The minimum absolute atomic E-state index is 0.0378. The van der Waals surface area contributed by atoms with Crippen molar-refractivity contribution in [3.8, 4) is 0 Å². The van der Waals surface area contributed by atoms with Crippen LogP contribution in [0.3, 0.4) is 0 Å². The van der Waals surface area contributed by atoms with E-state index in [1.807, 2.05) is 0 Å². The van der Waals surface area contributed by atoms with Crippen molar-refractivity contribution in [2.45, 2.75) is 25.6 Å². The maximum atomic E-state index is 12.7. The standard InChI is InChI=1S/C20H16BrF3N2O3/c21-14-6-7-15-16(10-14)19(29)26(18(15)28)8-2-5-17(27)25-11-12-3-1-4-13(9-12)20(22,23)24/h1,3-4,6-7,9-10H,2,5,8,11H2,(H,25,27). The van der Waals surface area contributed by atoms with Crippen LogP contribution in [0, 0.1) is 0 Å². The highest BCUT2D eigenvalue weighted by Gasteiger charge is 2.35. The third kappa shape index (κ3) is 4.84. The van der Waals surface area contributed by atoms with Crippen molar-refractivity contribution in [2.75, 3.05) is 6.54 Å². The number of rotatable bonds is 6. The molecule has 2 aromatic carbocycles. The molecule has 5 nitrogen and oxygen atoms in total. The molecule has 0 aliphatic carbocycles. The molecule has 1 N–H and O–H groups in total. The summed E-state index contributed by atoms with van der Waals surface area (Å²) < 4.78 is 38.8. The van der Waals surface area contributed by atoms with Crippen molar-refractivity contribution in [2.24, 2.45) is 0 Å². The Morgan fingerprint density at radius 2 is 1.76 bits per heavy atom. The predicted octanol–water partition coefficient (Wildman–Crippen LogP) is 4.16. The fourth-order valence-corrected chi connectivity index (χ4v) is 3.37. The Hall–Kier alpha value is -2.68. The molecular weight excluding hydrogens is 453 g/mol. The van der Waals surface area contributed by atoms with E-state index in [1.54, 1.807) is 18.2 Å². The molecule has 0 aromatic heterocycles. The van der Waals surface area contributed by atoms with Crippen LogP contribution in [0.2, 0.25) is 0 Å². The molecule has 0 saturated heterocycles. The maximum Gasteiger partial charge on any atom is 0.416 e. The highest BCUT2D eigenvalue weighted by Crippen LogP contribution is 2.29. The first-order valence-electron chi connectivity index (χ1n) is 8.75. The van der Waals surface area contributed by atoms with Crippen LogP contribution in [-0.4, -0.2) is 29.2 Å². The van der Waals surface area contributed by atoms with E-state index >= 15 is 0 Å². The first kappa shape index (κ1) is 21.0. The molecule has 29 heavy (non-hydrogen) atoms. The zero-order chi connectivity index (χ0) is 21.2. The molecule has 0 saturated carbocycles. The Morgan fingerprint density at radius 3 is 2.48 bits per heavy atom. The minimum atomic E-state index is -4.44. The second kappa shape index (κ2) is 8.36. The molecule has 0 spiro atoms. The normalized spacial score (nSPS) is 13.6. The summed E-state index contributed by atoms with van der Waals surface area (Å²) in [6, 6.07) is 9.55. The van der Waals surface area contributed by atoms with Gasteiger partial charge >= 0.3 is 6.18 Å². The van der Waals surface area contributed by atoms with Gasteiger partial charge in [0.05, 0.1) is 16.7 Å². The van der Waals surface area contributed by atoms with Crippen LogP contribution in [0.4, 0.5) is 13.2 Å². The Bertz CT molecular complexity index is 976. The van der Waals surface area contributed by atoms with E-state index < -0.39 is 23.6 Å². The van der Waals surface area contributed by atoms with Crippen LogP contribution in [0.1, 0.15) is 44.7 Å². The largest absolute Gasteiger partial charge is 0.416 e. The van der Waals surface area contributed by atoms with Crippen molar-refractivity contribution in [3.63, 3.8) is 0 Å². The molecule has 0 atom stereocenters. The number of nitrogens with zero attached hydrogens (tertiary/aromatic N) is 1. The first-order valence-corrected chi connectivity index (χ1v) is 9.54. The van der Waals surface area contributed by atoms with Gasteiger partial charge in [-0.2, -0.15) is 13.2 Å². The molecule has 1 aliphatic rings. The lowest BCUT2D eigenvalue weighted by molar-refractivity contribution is -0.137. The quantitative estimate of drug-likeness (QED) is 0.647. The summed E-state index contributed by atoms with van der Waals surface area (Å²) in [6.45, 7) is 0.0464. The number of imide groups is 1. The van der Waals surface area contributed by atoms with Crippen molar-refractivity contribution in [3.05, 3.63) is 69.2 Å². The lowest BCUT2D eigenvalue weighted by Gasteiger charge is -2.13. The number of nitrogens with one attached hydrogen (secondary N) is 1. The van der Waals surface area contributed by atoms with Gasteiger partial charge in [0, 0.05) is 24.0 Å². The van der Waals surface area contributed by atoms with E-state index in [-0.39, 0.29) is 31.8 Å². The number of amides is 3. The molecule has 1 aliphatic heterocycles. The number of carbonyl (C=O) groups is 3. The number of alkyl halides is 3. The molecule has 0 bridgehead atoms. The summed E-state index contributed by atoms with van der Waals surface area (Å²) >= 11 is 3.26. The molecule has 2 aromatic rings. The second-order valence-electron chi connectivity index (χ2n) is 6.53. The van der Waals surface area contributed by atoms with Gasteiger partial charge in [-0.25, -0.2) is 0 Å². The average molecular weight is 469 g/mol. The molecule has 0 radical (unpaired) electrons. The van der Waals surface area contributed by atoms with Gasteiger partial charge < -0.3 is 5.32 Å². The highest BCUT2D eigenvalue weighted by atomic mass is 79.9. The third-order valence-electron chi connectivity index (χ3n) is 4.46. The monoisotopic (exact) mass is 468 g/mol. The number of fused-ring (bicyclic) bond motifs is 1. The average Bonchev–Trinajstić information content (AvgIpc) is 2.90. The van der Waals surface area contributed by atoms with Crippen molar-refractivity contribution < 1.29 is 27.6 Å². The lowest BCUT2D eigenvalue weighted by atomic mass is 10.1. The molecule has 152 valence electrons. The predicted molar refractivity (Wildman–Crippen MR) is 102 cm³/mol. The molecule has 3 amide bonds. The molecule has 9 heteroatoms. The number of carbonyl (C=O) groups excluding carboxylic acids is 3. The Balaban J connectivity index is 1.49. The molecule has 0 unspecified atom stereocenters. The summed E-state index contributed by atoms with van der Waals surface area (Å²) in [6.07, 6.45) is -4.15. The summed E-state index contributed by atoms with van der Waals surface area (Å²) in [7, 11) is 0. The number of hydrogen-bond acceptors (Lipinski definition) is 3. The van der Waals surface area contributed by atoms with E-state index in [0.717, 1.165) is 17.0 Å². The van der Waals surface area contributed by atoms with Gasteiger partial charge in [0.15, 0.2) is 0 Å². The molecule has 1 heterocycles. The second-order valence-corrected chi connectivity index (χ2v) is 7.45.